The van der Waals surface area contributed by atoms with E-state index in [1.165, 1.54) is 11.3 Å². The summed E-state index contributed by atoms with van der Waals surface area (Å²) in [5, 5.41) is 3.16. The van der Waals surface area contributed by atoms with Crippen molar-refractivity contribution in [2.75, 3.05) is 44.2 Å². The molecule has 1 aromatic carbocycles. The van der Waals surface area contributed by atoms with Crippen LogP contribution in [0.2, 0.25) is 0 Å². The van der Waals surface area contributed by atoms with Crippen molar-refractivity contribution >= 4 is 11.6 Å². The first-order valence-corrected chi connectivity index (χ1v) is 9.57. The number of carbonyl (C=O) groups excluding carboxylic acids is 1. The standard InChI is InChI=1S/C20H34N4O/c1-4-20(5-2,16-21)22-19(25)9-10-23-11-13-24(14-12-23)18-8-6-7-17(3)15-18/h6-8,15H,4-5,9-14,16,21H2,1-3H3,(H,22,25). The SMILES string of the molecule is CCC(CC)(CN)NC(=O)CCN1CCN(c2cccc(C)c2)CC1. The van der Waals surface area contributed by atoms with Crippen LogP contribution in [-0.2, 0) is 4.79 Å². The number of amides is 1. The van der Waals surface area contributed by atoms with E-state index in [4.69, 9.17) is 5.73 Å². The maximum Gasteiger partial charge on any atom is 0.221 e. The molecule has 1 aromatic rings. The second-order valence-corrected chi connectivity index (χ2v) is 7.16. The number of rotatable bonds is 8. The van der Waals surface area contributed by atoms with Gasteiger partial charge in [0.05, 0.1) is 5.54 Å². The molecule has 0 aromatic heterocycles. The van der Waals surface area contributed by atoms with Crippen LogP contribution >= 0.6 is 0 Å². The molecule has 140 valence electrons. The molecule has 1 aliphatic heterocycles. The number of aryl methyl sites for hydroxylation is 1. The van der Waals surface area contributed by atoms with E-state index in [-0.39, 0.29) is 11.4 Å². The van der Waals surface area contributed by atoms with Gasteiger partial charge < -0.3 is 16.0 Å². The molecule has 0 aliphatic carbocycles. The molecule has 2 rings (SSSR count). The number of nitrogens with one attached hydrogen (secondary N) is 1. The summed E-state index contributed by atoms with van der Waals surface area (Å²) in [6.45, 7) is 11.7. The summed E-state index contributed by atoms with van der Waals surface area (Å²) in [6.07, 6.45) is 2.30. The van der Waals surface area contributed by atoms with Gasteiger partial charge in [0, 0.05) is 51.4 Å². The lowest BCUT2D eigenvalue weighted by Crippen LogP contribution is -2.53. The number of nitrogens with zero attached hydrogens (tertiary/aromatic N) is 2. The van der Waals surface area contributed by atoms with Crippen LogP contribution in [0.15, 0.2) is 24.3 Å². The molecule has 0 saturated carbocycles. The van der Waals surface area contributed by atoms with Gasteiger partial charge in [-0.1, -0.05) is 26.0 Å². The predicted molar refractivity (Wildman–Crippen MR) is 105 cm³/mol. The van der Waals surface area contributed by atoms with Crippen molar-refractivity contribution in [2.45, 2.75) is 45.6 Å². The highest BCUT2D eigenvalue weighted by atomic mass is 16.1. The van der Waals surface area contributed by atoms with Crippen LogP contribution in [0.1, 0.15) is 38.7 Å². The Kier molecular flexibility index (Phi) is 7.26. The third-order valence-corrected chi connectivity index (χ3v) is 5.54. The minimum atomic E-state index is -0.235. The topological polar surface area (TPSA) is 61.6 Å². The van der Waals surface area contributed by atoms with E-state index in [1.807, 2.05) is 0 Å². The first kappa shape index (κ1) is 19.7. The van der Waals surface area contributed by atoms with Gasteiger partial charge in [0.25, 0.3) is 0 Å². The summed E-state index contributed by atoms with van der Waals surface area (Å²) in [4.78, 5) is 17.1. The predicted octanol–water partition coefficient (Wildman–Crippen LogP) is 2.14. The first-order valence-electron chi connectivity index (χ1n) is 9.57. The molecule has 1 aliphatic rings. The van der Waals surface area contributed by atoms with Gasteiger partial charge in [-0.3, -0.25) is 9.69 Å². The van der Waals surface area contributed by atoms with Gasteiger partial charge >= 0.3 is 0 Å². The summed E-state index contributed by atoms with van der Waals surface area (Å²) in [5.74, 6) is 0.121. The Morgan fingerprint density at radius 1 is 1.20 bits per heavy atom. The van der Waals surface area contributed by atoms with Gasteiger partial charge in [0.2, 0.25) is 5.91 Å². The molecule has 1 amide bonds. The second kappa shape index (κ2) is 9.20. The average molecular weight is 347 g/mol. The number of nitrogens with two attached hydrogens (primary N) is 1. The Morgan fingerprint density at radius 3 is 2.44 bits per heavy atom. The van der Waals surface area contributed by atoms with Gasteiger partial charge in [-0.25, -0.2) is 0 Å². The third-order valence-electron chi connectivity index (χ3n) is 5.54. The molecule has 1 saturated heterocycles. The molecule has 0 radical (unpaired) electrons. The van der Waals surface area contributed by atoms with Crippen molar-refractivity contribution in [3.8, 4) is 0 Å². The first-order chi connectivity index (χ1) is 12.0. The normalized spacial score (nSPS) is 16.1. The van der Waals surface area contributed by atoms with Gasteiger partial charge in [0.15, 0.2) is 0 Å². The van der Waals surface area contributed by atoms with Gasteiger partial charge in [-0.15, -0.1) is 0 Å². The van der Waals surface area contributed by atoms with Crippen molar-refractivity contribution in [1.29, 1.82) is 0 Å². The van der Waals surface area contributed by atoms with E-state index in [0.717, 1.165) is 45.6 Å². The van der Waals surface area contributed by atoms with Crippen LogP contribution in [-0.4, -0.2) is 55.6 Å². The van der Waals surface area contributed by atoms with E-state index in [1.54, 1.807) is 0 Å². The van der Waals surface area contributed by atoms with Crippen LogP contribution in [0.3, 0.4) is 0 Å². The van der Waals surface area contributed by atoms with Crippen molar-refractivity contribution in [3.63, 3.8) is 0 Å². The highest BCUT2D eigenvalue weighted by Crippen LogP contribution is 2.18. The fourth-order valence-corrected chi connectivity index (χ4v) is 3.44. The van der Waals surface area contributed by atoms with E-state index in [9.17, 15) is 4.79 Å². The molecule has 0 atom stereocenters. The quantitative estimate of drug-likeness (QED) is 0.757. The fourth-order valence-electron chi connectivity index (χ4n) is 3.44. The number of piperazine rings is 1. The van der Waals surface area contributed by atoms with E-state index in [0.29, 0.717) is 13.0 Å². The minimum absolute atomic E-state index is 0.121. The van der Waals surface area contributed by atoms with E-state index >= 15 is 0 Å². The number of benzene rings is 1. The van der Waals surface area contributed by atoms with Gasteiger partial charge in [-0.2, -0.15) is 0 Å². The lowest BCUT2D eigenvalue weighted by atomic mass is 9.93. The van der Waals surface area contributed by atoms with Crippen LogP contribution < -0.4 is 16.0 Å². The Balaban J connectivity index is 1.76. The number of carbonyl (C=O) groups is 1. The number of hydrogen-bond donors (Lipinski definition) is 2. The zero-order valence-electron chi connectivity index (χ0n) is 16.1. The van der Waals surface area contributed by atoms with Crippen LogP contribution in [0.5, 0.6) is 0 Å². The monoisotopic (exact) mass is 346 g/mol. The molecule has 5 heteroatoms. The van der Waals surface area contributed by atoms with Crippen molar-refractivity contribution < 1.29 is 4.79 Å². The maximum atomic E-state index is 12.3. The Morgan fingerprint density at radius 2 is 1.88 bits per heavy atom. The summed E-state index contributed by atoms with van der Waals surface area (Å²) >= 11 is 0. The molecule has 25 heavy (non-hydrogen) atoms. The average Bonchev–Trinajstić information content (AvgIpc) is 2.65. The molecule has 1 heterocycles. The minimum Gasteiger partial charge on any atom is -0.369 e. The molecule has 1 fully saturated rings. The van der Waals surface area contributed by atoms with Crippen molar-refractivity contribution in [2.24, 2.45) is 5.73 Å². The van der Waals surface area contributed by atoms with Crippen molar-refractivity contribution in [3.05, 3.63) is 29.8 Å². The zero-order chi connectivity index (χ0) is 18.3. The van der Waals surface area contributed by atoms with Gasteiger partial charge in [-0.05, 0) is 37.5 Å². The third kappa shape index (κ3) is 5.44. The largest absolute Gasteiger partial charge is 0.369 e. The molecule has 5 nitrogen and oxygen atoms in total. The second-order valence-electron chi connectivity index (χ2n) is 7.16. The number of anilines is 1. The number of hydrogen-bond acceptors (Lipinski definition) is 4. The molecule has 0 unspecified atom stereocenters. The molecule has 0 bridgehead atoms. The molecule has 0 spiro atoms. The molecule has 3 N–H and O–H groups in total. The smallest absolute Gasteiger partial charge is 0.221 e. The Labute approximate surface area is 152 Å². The van der Waals surface area contributed by atoms with Gasteiger partial charge in [0.1, 0.15) is 0 Å². The van der Waals surface area contributed by atoms with Crippen molar-refractivity contribution in [1.82, 2.24) is 10.2 Å². The lowest BCUT2D eigenvalue weighted by Gasteiger charge is -2.36. The fraction of sp³-hybridized carbons (Fsp3) is 0.650. The maximum absolute atomic E-state index is 12.3. The summed E-state index contributed by atoms with van der Waals surface area (Å²) in [7, 11) is 0. The van der Waals surface area contributed by atoms with E-state index in [2.05, 4.69) is 60.2 Å². The summed E-state index contributed by atoms with van der Waals surface area (Å²) in [6, 6.07) is 8.67. The zero-order valence-corrected chi connectivity index (χ0v) is 16.1. The summed E-state index contributed by atoms with van der Waals surface area (Å²) < 4.78 is 0. The Bertz CT molecular complexity index is 540. The Hall–Kier alpha value is -1.59. The van der Waals surface area contributed by atoms with E-state index < -0.39 is 0 Å². The molecular formula is C20H34N4O. The summed E-state index contributed by atoms with van der Waals surface area (Å²) in [5.41, 5.74) is 8.23. The lowest BCUT2D eigenvalue weighted by molar-refractivity contribution is -0.123. The van der Waals surface area contributed by atoms with Crippen LogP contribution in [0.25, 0.3) is 0 Å². The van der Waals surface area contributed by atoms with Crippen LogP contribution in [0.4, 0.5) is 5.69 Å². The highest BCUT2D eigenvalue weighted by molar-refractivity contribution is 5.77. The van der Waals surface area contributed by atoms with Crippen LogP contribution in [0, 0.1) is 6.92 Å². The highest BCUT2D eigenvalue weighted by Gasteiger charge is 2.26. The molecular weight excluding hydrogens is 312 g/mol.